The highest BCUT2D eigenvalue weighted by Crippen LogP contribution is 2.27. The highest BCUT2D eigenvalue weighted by atomic mass is 16.6. The van der Waals surface area contributed by atoms with Gasteiger partial charge in [0.05, 0.1) is 11.0 Å². The summed E-state index contributed by atoms with van der Waals surface area (Å²) < 4.78 is 5.08. The molecule has 106 valence electrons. The Labute approximate surface area is 116 Å². The van der Waals surface area contributed by atoms with Crippen LogP contribution in [0.25, 0.3) is 0 Å². The summed E-state index contributed by atoms with van der Waals surface area (Å²) in [4.78, 5) is 23.4. The number of carbonyl (C=O) groups is 1. The minimum atomic E-state index is -0.430. The summed E-state index contributed by atoms with van der Waals surface area (Å²) in [6.07, 6.45) is 3.08. The van der Waals surface area contributed by atoms with Crippen molar-refractivity contribution in [3.8, 4) is 0 Å². The van der Waals surface area contributed by atoms with E-state index in [4.69, 9.17) is 4.74 Å². The normalized spacial score (nSPS) is 17.8. The number of nitro benzene ring substituents is 1. The Bertz CT molecular complexity index is 512. The summed E-state index contributed by atoms with van der Waals surface area (Å²) in [5.74, 6) is -0.430. The quantitative estimate of drug-likeness (QED) is 0.357. The third-order valence-corrected chi connectivity index (χ3v) is 3.35. The zero-order chi connectivity index (χ0) is 14.5. The standard InChI is InChI=1S/C14H16N2O4/c1-2-14(17)20-10-13-4-3-9-15(13)11-5-7-12(8-6-11)16(18)19/h2,5-8,13H,1,3-4,9-10H2/t13-/m1/s1. The molecule has 0 N–H and O–H groups in total. The van der Waals surface area contributed by atoms with Crippen molar-refractivity contribution in [3.05, 3.63) is 47.0 Å². The Morgan fingerprint density at radius 1 is 1.50 bits per heavy atom. The molecule has 1 fully saturated rings. The minimum absolute atomic E-state index is 0.0718. The van der Waals surface area contributed by atoms with Gasteiger partial charge in [0.25, 0.3) is 5.69 Å². The maximum atomic E-state index is 11.1. The molecule has 0 unspecified atom stereocenters. The highest BCUT2D eigenvalue weighted by Gasteiger charge is 2.26. The van der Waals surface area contributed by atoms with Crippen LogP contribution in [0.5, 0.6) is 0 Å². The average molecular weight is 276 g/mol. The smallest absolute Gasteiger partial charge is 0.330 e. The van der Waals surface area contributed by atoms with Crippen LogP contribution in [-0.4, -0.2) is 30.1 Å². The number of nitrogens with zero attached hydrogens (tertiary/aromatic N) is 2. The molecule has 0 bridgehead atoms. The first-order chi connectivity index (χ1) is 9.61. The third kappa shape index (κ3) is 3.14. The zero-order valence-electron chi connectivity index (χ0n) is 11.0. The lowest BCUT2D eigenvalue weighted by atomic mass is 10.2. The van der Waals surface area contributed by atoms with Gasteiger partial charge in [-0.1, -0.05) is 6.58 Å². The van der Waals surface area contributed by atoms with Gasteiger partial charge in [-0.25, -0.2) is 4.79 Å². The lowest BCUT2D eigenvalue weighted by molar-refractivity contribution is -0.384. The van der Waals surface area contributed by atoms with E-state index in [1.165, 1.54) is 12.1 Å². The van der Waals surface area contributed by atoms with Crippen LogP contribution in [0.4, 0.5) is 11.4 Å². The van der Waals surface area contributed by atoms with Gasteiger partial charge >= 0.3 is 5.97 Å². The number of ether oxygens (including phenoxy) is 1. The van der Waals surface area contributed by atoms with Crippen molar-refractivity contribution >= 4 is 17.3 Å². The second-order valence-corrected chi connectivity index (χ2v) is 4.60. The van der Waals surface area contributed by atoms with Gasteiger partial charge in [0, 0.05) is 30.4 Å². The molecule has 6 heteroatoms. The monoisotopic (exact) mass is 276 g/mol. The Morgan fingerprint density at radius 3 is 2.80 bits per heavy atom. The molecule has 1 heterocycles. The second kappa shape index (κ2) is 6.18. The first-order valence-electron chi connectivity index (χ1n) is 6.42. The lowest BCUT2D eigenvalue weighted by Crippen LogP contribution is -2.33. The summed E-state index contributed by atoms with van der Waals surface area (Å²) in [6, 6.07) is 6.54. The molecule has 1 aromatic rings. The van der Waals surface area contributed by atoms with Crippen LogP contribution in [0, 0.1) is 10.1 Å². The van der Waals surface area contributed by atoms with E-state index in [2.05, 4.69) is 11.5 Å². The number of hydrogen-bond donors (Lipinski definition) is 0. The van der Waals surface area contributed by atoms with E-state index < -0.39 is 10.9 Å². The summed E-state index contributed by atoms with van der Waals surface area (Å²) in [7, 11) is 0. The van der Waals surface area contributed by atoms with Gasteiger partial charge < -0.3 is 9.64 Å². The Balaban J connectivity index is 2.04. The van der Waals surface area contributed by atoms with Crippen LogP contribution in [0.1, 0.15) is 12.8 Å². The van der Waals surface area contributed by atoms with E-state index in [1.54, 1.807) is 12.1 Å². The third-order valence-electron chi connectivity index (χ3n) is 3.35. The van der Waals surface area contributed by atoms with Crippen molar-refractivity contribution in [2.45, 2.75) is 18.9 Å². The number of esters is 1. The summed E-state index contributed by atoms with van der Waals surface area (Å²) in [6.45, 7) is 4.52. The van der Waals surface area contributed by atoms with E-state index in [-0.39, 0.29) is 11.7 Å². The molecule has 2 rings (SSSR count). The molecule has 6 nitrogen and oxygen atoms in total. The number of non-ortho nitro benzene ring substituents is 1. The van der Waals surface area contributed by atoms with Gasteiger partial charge in [-0.2, -0.15) is 0 Å². The molecule has 0 amide bonds. The molecule has 0 radical (unpaired) electrons. The topological polar surface area (TPSA) is 72.7 Å². The van der Waals surface area contributed by atoms with Crippen LogP contribution >= 0.6 is 0 Å². The van der Waals surface area contributed by atoms with Crippen molar-refractivity contribution < 1.29 is 14.5 Å². The molecule has 0 aliphatic carbocycles. The molecular formula is C14H16N2O4. The molecule has 1 atom stereocenters. The van der Waals surface area contributed by atoms with Gasteiger partial charge in [-0.05, 0) is 25.0 Å². The molecule has 0 spiro atoms. The highest BCUT2D eigenvalue weighted by molar-refractivity contribution is 5.81. The molecule has 1 aliphatic heterocycles. The predicted molar refractivity (Wildman–Crippen MR) is 74.6 cm³/mol. The Hall–Kier alpha value is -2.37. The van der Waals surface area contributed by atoms with E-state index in [0.717, 1.165) is 31.1 Å². The van der Waals surface area contributed by atoms with Crippen molar-refractivity contribution in [1.82, 2.24) is 0 Å². The molecular weight excluding hydrogens is 260 g/mol. The predicted octanol–water partition coefficient (Wildman–Crippen LogP) is 2.29. The van der Waals surface area contributed by atoms with Crippen molar-refractivity contribution in [1.29, 1.82) is 0 Å². The molecule has 1 aliphatic rings. The summed E-state index contributed by atoms with van der Waals surface area (Å²) in [5.41, 5.74) is 0.982. The zero-order valence-corrected chi connectivity index (χ0v) is 11.0. The van der Waals surface area contributed by atoms with Gasteiger partial charge in [0.2, 0.25) is 0 Å². The summed E-state index contributed by atoms with van der Waals surface area (Å²) in [5, 5.41) is 10.6. The van der Waals surface area contributed by atoms with Gasteiger partial charge in [0.15, 0.2) is 0 Å². The maximum Gasteiger partial charge on any atom is 0.330 e. The molecule has 0 aromatic heterocycles. The van der Waals surface area contributed by atoms with Gasteiger partial charge in [-0.3, -0.25) is 10.1 Å². The van der Waals surface area contributed by atoms with Crippen LogP contribution in [0.3, 0.4) is 0 Å². The molecule has 20 heavy (non-hydrogen) atoms. The Kier molecular flexibility index (Phi) is 4.34. The minimum Gasteiger partial charge on any atom is -0.460 e. The summed E-state index contributed by atoms with van der Waals surface area (Å²) >= 11 is 0. The number of nitro groups is 1. The van der Waals surface area contributed by atoms with E-state index in [9.17, 15) is 14.9 Å². The fourth-order valence-corrected chi connectivity index (χ4v) is 2.35. The van der Waals surface area contributed by atoms with Crippen LogP contribution in [0.2, 0.25) is 0 Å². The molecule has 0 saturated carbocycles. The van der Waals surface area contributed by atoms with Crippen LogP contribution in [0.15, 0.2) is 36.9 Å². The maximum absolute atomic E-state index is 11.1. The van der Waals surface area contributed by atoms with Gasteiger partial charge in [0.1, 0.15) is 6.61 Å². The lowest BCUT2D eigenvalue weighted by Gasteiger charge is -2.26. The van der Waals surface area contributed by atoms with Crippen molar-refractivity contribution in [2.24, 2.45) is 0 Å². The van der Waals surface area contributed by atoms with E-state index >= 15 is 0 Å². The van der Waals surface area contributed by atoms with Crippen LogP contribution < -0.4 is 4.90 Å². The molecule has 1 saturated heterocycles. The number of carbonyl (C=O) groups excluding carboxylic acids is 1. The Morgan fingerprint density at radius 2 is 2.20 bits per heavy atom. The van der Waals surface area contributed by atoms with Crippen molar-refractivity contribution in [3.63, 3.8) is 0 Å². The van der Waals surface area contributed by atoms with E-state index in [1.807, 2.05) is 0 Å². The van der Waals surface area contributed by atoms with Crippen molar-refractivity contribution in [2.75, 3.05) is 18.1 Å². The fraction of sp³-hybridized carbons (Fsp3) is 0.357. The average Bonchev–Trinajstić information content (AvgIpc) is 2.93. The number of anilines is 1. The fourth-order valence-electron chi connectivity index (χ4n) is 2.35. The largest absolute Gasteiger partial charge is 0.460 e. The first-order valence-corrected chi connectivity index (χ1v) is 6.42. The number of rotatable bonds is 5. The second-order valence-electron chi connectivity index (χ2n) is 4.60. The number of hydrogen-bond acceptors (Lipinski definition) is 5. The SMILES string of the molecule is C=CC(=O)OC[C@H]1CCCN1c1ccc([N+](=O)[O-])cc1. The van der Waals surface area contributed by atoms with E-state index in [0.29, 0.717) is 6.61 Å². The first kappa shape index (κ1) is 14.0. The number of benzene rings is 1. The molecule has 1 aromatic carbocycles. The van der Waals surface area contributed by atoms with Gasteiger partial charge in [-0.15, -0.1) is 0 Å². The van der Waals surface area contributed by atoms with Crippen LogP contribution in [-0.2, 0) is 9.53 Å².